The van der Waals surface area contributed by atoms with E-state index in [9.17, 15) is 0 Å². The SMILES string of the molecule is c1ccc(-c2cccc(-n3c4ccccc4c4cc(-c5ccc6c(c5)c5ccc7c(c8ccccc8n7-c7ccccc7)c5n6-c5cccc6ccccc56)ccc43)c2)cc1. The molecule has 0 bridgehead atoms. The second-order valence-corrected chi connectivity index (χ2v) is 16.1. The van der Waals surface area contributed by atoms with Crippen LogP contribution in [0.3, 0.4) is 0 Å². The summed E-state index contributed by atoms with van der Waals surface area (Å²) in [5, 5.41) is 9.92. The van der Waals surface area contributed by atoms with Gasteiger partial charge >= 0.3 is 0 Å². The summed E-state index contributed by atoms with van der Waals surface area (Å²) >= 11 is 0. The molecule has 284 valence electrons. The summed E-state index contributed by atoms with van der Waals surface area (Å²) in [7, 11) is 0. The number of rotatable bonds is 5. The minimum atomic E-state index is 1.16. The van der Waals surface area contributed by atoms with Gasteiger partial charge in [-0.25, -0.2) is 0 Å². The smallest absolute Gasteiger partial charge is 0.0641 e. The van der Waals surface area contributed by atoms with Crippen LogP contribution in [-0.2, 0) is 0 Å². The van der Waals surface area contributed by atoms with Crippen LogP contribution in [0.5, 0.6) is 0 Å². The molecule has 61 heavy (non-hydrogen) atoms. The van der Waals surface area contributed by atoms with Crippen LogP contribution < -0.4 is 0 Å². The average molecular weight is 776 g/mol. The minimum absolute atomic E-state index is 1.16. The van der Waals surface area contributed by atoms with Crippen LogP contribution in [0.1, 0.15) is 0 Å². The predicted octanol–water partition coefficient (Wildman–Crippen LogP) is 15.5. The van der Waals surface area contributed by atoms with Gasteiger partial charge in [-0.05, 0) is 100 Å². The third-order valence-corrected chi connectivity index (χ3v) is 12.8. The minimum Gasteiger partial charge on any atom is -0.309 e. The van der Waals surface area contributed by atoms with Gasteiger partial charge in [-0.15, -0.1) is 0 Å². The van der Waals surface area contributed by atoms with Crippen LogP contribution in [0.25, 0.3) is 116 Å². The average Bonchev–Trinajstić information content (AvgIpc) is 3.97. The Morgan fingerprint density at radius 3 is 1.54 bits per heavy atom. The molecule has 10 aromatic carbocycles. The van der Waals surface area contributed by atoms with E-state index in [1.54, 1.807) is 0 Å². The zero-order chi connectivity index (χ0) is 40.0. The maximum atomic E-state index is 2.53. The Bertz CT molecular complexity index is 3860. The predicted molar refractivity (Wildman–Crippen MR) is 258 cm³/mol. The standard InChI is InChI=1S/C58H37N3/c1-3-15-38(16-4-1)40-19-13-22-44(35-40)60-52-26-11-9-24-46(52)49-36-41(29-32-54(49)60)42-30-33-55-50(37-42)47-31-34-56-57(48-25-10-12-27-53(48)59(56)43-20-5-2-6-21-43)58(47)61(55)51-28-14-18-39-17-7-8-23-45(39)51/h1-37H. The van der Waals surface area contributed by atoms with Crippen LogP contribution in [0.4, 0.5) is 0 Å². The van der Waals surface area contributed by atoms with E-state index in [4.69, 9.17) is 0 Å². The molecule has 13 rings (SSSR count). The Balaban J connectivity index is 1.07. The highest BCUT2D eigenvalue weighted by Gasteiger charge is 2.22. The van der Waals surface area contributed by atoms with Crippen molar-refractivity contribution in [1.29, 1.82) is 0 Å². The molecule has 0 aliphatic carbocycles. The third-order valence-electron chi connectivity index (χ3n) is 12.8. The number of para-hydroxylation sites is 3. The highest BCUT2D eigenvalue weighted by molar-refractivity contribution is 6.27. The Hall–Kier alpha value is -8.14. The van der Waals surface area contributed by atoms with Crippen molar-refractivity contribution in [2.24, 2.45) is 0 Å². The fourth-order valence-electron chi connectivity index (χ4n) is 10.1. The van der Waals surface area contributed by atoms with Crippen LogP contribution >= 0.6 is 0 Å². The van der Waals surface area contributed by atoms with Gasteiger partial charge in [-0.1, -0.05) is 152 Å². The molecule has 3 heteroatoms. The lowest BCUT2D eigenvalue weighted by molar-refractivity contribution is 1.18. The molecule has 3 nitrogen and oxygen atoms in total. The summed E-state index contributed by atoms with van der Waals surface area (Å²) in [5.74, 6) is 0. The molecule has 0 amide bonds. The molecule has 3 aromatic heterocycles. The van der Waals surface area contributed by atoms with Crippen molar-refractivity contribution in [3.63, 3.8) is 0 Å². The van der Waals surface area contributed by atoms with E-state index < -0.39 is 0 Å². The van der Waals surface area contributed by atoms with Crippen LogP contribution in [-0.4, -0.2) is 13.7 Å². The zero-order valence-corrected chi connectivity index (χ0v) is 33.2. The molecule has 0 aliphatic rings. The number of aromatic nitrogens is 3. The van der Waals surface area contributed by atoms with E-state index in [-0.39, 0.29) is 0 Å². The zero-order valence-electron chi connectivity index (χ0n) is 33.2. The van der Waals surface area contributed by atoms with Gasteiger partial charge in [0.15, 0.2) is 0 Å². The van der Waals surface area contributed by atoms with Crippen molar-refractivity contribution in [1.82, 2.24) is 13.7 Å². The second kappa shape index (κ2) is 13.2. The van der Waals surface area contributed by atoms with Crippen LogP contribution in [0.2, 0.25) is 0 Å². The molecular weight excluding hydrogens is 739 g/mol. The molecule has 0 unspecified atom stereocenters. The van der Waals surface area contributed by atoms with Gasteiger partial charge in [-0.2, -0.15) is 0 Å². The second-order valence-electron chi connectivity index (χ2n) is 16.1. The van der Waals surface area contributed by atoms with Crippen LogP contribution in [0.15, 0.2) is 224 Å². The van der Waals surface area contributed by atoms with Gasteiger partial charge < -0.3 is 13.7 Å². The summed E-state index contributed by atoms with van der Waals surface area (Å²) in [6.45, 7) is 0. The van der Waals surface area contributed by atoms with Crippen molar-refractivity contribution in [2.45, 2.75) is 0 Å². The van der Waals surface area contributed by atoms with E-state index in [0.717, 1.165) is 11.4 Å². The molecule has 0 radical (unpaired) electrons. The van der Waals surface area contributed by atoms with E-state index in [0.29, 0.717) is 0 Å². The Labute approximate surface area is 352 Å². The maximum absolute atomic E-state index is 2.53. The van der Waals surface area contributed by atoms with Gasteiger partial charge in [0, 0.05) is 49.1 Å². The topological polar surface area (TPSA) is 14.8 Å². The first-order valence-electron chi connectivity index (χ1n) is 21.0. The molecule has 0 saturated carbocycles. The normalized spacial score (nSPS) is 11.9. The van der Waals surface area contributed by atoms with Crippen molar-refractivity contribution in [3.8, 4) is 39.3 Å². The lowest BCUT2D eigenvalue weighted by Gasteiger charge is -2.13. The molecule has 13 aromatic rings. The largest absolute Gasteiger partial charge is 0.309 e. The van der Waals surface area contributed by atoms with E-state index in [1.807, 2.05) is 0 Å². The summed E-state index contributed by atoms with van der Waals surface area (Å²) in [4.78, 5) is 0. The highest BCUT2D eigenvalue weighted by atomic mass is 15.0. The Morgan fingerprint density at radius 2 is 0.754 bits per heavy atom. The summed E-state index contributed by atoms with van der Waals surface area (Å²) in [5.41, 5.74) is 15.5. The first-order chi connectivity index (χ1) is 30.3. The molecular formula is C58H37N3. The maximum Gasteiger partial charge on any atom is 0.0641 e. The number of hydrogen-bond acceptors (Lipinski definition) is 0. The lowest BCUT2D eigenvalue weighted by Crippen LogP contribution is -1.96. The summed E-state index contributed by atoms with van der Waals surface area (Å²) in [6, 6.07) is 82.2. The molecule has 0 fully saturated rings. The van der Waals surface area contributed by atoms with Gasteiger partial charge in [0.1, 0.15) is 0 Å². The summed E-state index contributed by atoms with van der Waals surface area (Å²) < 4.78 is 7.37. The quantitative estimate of drug-likeness (QED) is 0.165. The van der Waals surface area contributed by atoms with Gasteiger partial charge in [-0.3, -0.25) is 0 Å². The van der Waals surface area contributed by atoms with Crippen molar-refractivity contribution in [2.75, 3.05) is 0 Å². The van der Waals surface area contributed by atoms with E-state index in [2.05, 4.69) is 238 Å². The fourth-order valence-corrected chi connectivity index (χ4v) is 10.1. The molecule has 0 N–H and O–H groups in total. The van der Waals surface area contributed by atoms with Crippen LogP contribution in [0, 0.1) is 0 Å². The van der Waals surface area contributed by atoms with Crippen molar-refractivity contribution >= 4 is 76.2 Å². The molecule has 0 spiro atoms. The monoisotopic (exact) mass is 775 g/mol. The van der Waals surface area contributed by atoms with Gasteiger partial charge in [0.2, 0.25) is 0 Å². The molecule has 0 saturated heterocycles. The van der Waals surface area contributed by atoms with E-state index >= 15 is 0 Å². The van der Waals surface area contributed by atoms with Gasteiger partial charge in [0.05, 0.1) is 38.8 Å². The number of benzene rings is 10. The number of fused-ring (bicyclic) bond motifs is 11. The first kappa shape index (κ1) is 33.8. The van der Waals surface area contributed by atoms with Gasteiger partial charge in [0.25, 0.3) is 0 Å². The summed E-state index contributed by atoms with van der Waals surface area (Å²) in [6.07, 6.45) is 0. The molecule has 3 heterocycles. The third kappa shape index (κ3) is 5.04. The highest BCUT2D eigenvalue weighted by Crippen LogP contribution is 2.44. The van der Waals surface area contributed by atoms with E-state index in [1.165, 1.54) is 104 Å². The van der Waals surface area contributed by atoms with Crippen molar-refractivity contribution in [3.05, 3.63) is 224 Å². The Kier molecular flexibility index (Phi) is 7.31. The molecule has 0 atom stereocenters. The molecule has 0 aliphatic heterocycles. The van der Waals surface area contributed by atoms with Crippen molar-refractivity contribution < 1.29 is 0 Å². The Morgan fingerprint density at radius 1 is 0.246 bits per heavy atom. The lowest BCUT2D eigenvalue weighted by atomic mass is 10.00. The fraction of sp³-hybridized carbons (Fsp3) is 0. The number of hydrogen-bond donors (Lipinski definition) is 0. The number of nitrogens with zero attached hydrogens (tertiary/aromatic N) is 3. The first-order valence-corrected chi connectivity index (χ1v) is 21.0.